The lowest BCUT2D eigenvalue weighted by molar-refractivity contribution is -0.142. The molecule has 0 heterocycles. The van der Waals surface area contributed by atoms with Gasteiger partial charge in [0.2, 0.25) is 0 Å². The lowest BCUT2D eigenvalue weighted by Gasteiger charge is -2.26. The second-order valence-electron chi connectivity index (χ2n) is 4.90. The third kappa shape index (κ3) is 5.89. The summed E-state index contributed by atoms with van der Waals surface area (Å²) in [6.07, 6.45) is 1.88. The van der Waals surface area contributed by atoms with Crippen molar-refractivity contribution in [2.75, 3.05) is 0 Å². The second-order valence-corrected chi connectivity index (χ2v) is 4.90. The molecule has 1 atom stereocenters. The lowest BCUT2D eigenvalue weighted by atomic mass is 10.0. The maximum absolute atomic E-state index is 11.5. The van der Waals surface area contributed by atoms with E-state index in [1.807, 2.05) is 6.07 Å². The summed E-state index contributed by atoms with van der Waals surface area (Å²) < 4.78 is 4.98. The third-order valence-corrected chi connectivity index (χ3v) is 1.87. The van der Waals surface area contributed by atoms with Crippen molar-refractivity contribution in [1.82, 2.24) is 5.32 Å². The number of nitriles is 1. The number of allylic oxidation sites excluding steroid dienone is 1. The Hall–Kier alpha value is -2.03. The molecule has 0 saturated carbocycles. The summed E-state index contributed by atoms with van der Waals surface area (Å²) >= 11 is 0. The number of ether oxygens (including phenoxy) is 1. The van der Waals surface area contributed by atoms with E-state index in [4.69, 9.17) is 15.1 Å². The van der Waals surface area contributed by atoms with E-state index in [0.717, 1.165) is 0 Å². The van der Waals surface area contributed by atoms with Gasteiger partial charge in [0.05, 0.1) is 12.5 Å². The van der Waals surface area contributed by atoms with Gasteiger partial charge in [0, 0.05) is 0 Å². The molecule has 100 valence electrons. The van der Waals surface area contributed by atoms with Crippen LogP contribution in [0, 0.1) is 11.3 Å². The molecule has 0 saturated heterocycles. The van der Waals surface area contributed by atoms with Crippen LogP contribution in [0.15, 0.2) is 12.2 Å². The number of amides is 1. The maximum Gasteiger partial charge on any atom is 0.408 e. The summed E-state index contributed by atoms with van der Waals surface area (Å²) in [7, 11) is 0. The molecule has 0 fully saturated rings. The van der Waals surface area contributed by atoms with E-state index in [2.05, 4.69) is 5.32 Å². The van der Waals surface area contributed by atoms with Gasteiger partial charge in [-0.15, -0.1) is 0 Å². The minimum atomic E-state index is -1.60. The average molecular weight is 254 g/mol. The van der Waals surface area contributed by atoms with Crippen molar-refractivity contribution >= 4 is 12.1 Å². The Labute approximate surface area is 106 Å². The number of carbonyl (C=O) groups excluding carboxylic acids is 1. The topological polar surface area (TPSA) is 99.4 Å². The molecular formula is C12H18N2O4. The molecule has 2 N–H and O–H groups in total. The molecule has 1 amide bonds. The van der Waals surface area contributed by atoms with E-state index in [-0.39, 0.29) is 6.42 Å². The van der Waals surface area contributed by atoms with Crippen molar-refractivity contribution in [2.24, 2.45) is 0 Å². The van der Waals surface area contributed by atoms with Crippen LogP contribution < -0.4 is 5.32 Å². The van der Waals surface area contributed by atoms with Gasteiger partial charge in [-0.25, -0.2) is 9.59 Å². The number of alkyl carbamates (subject to hydrolysis) is 1. The van der Waals surface area contributed by atoms with Gasteiger partial charge in [-0.3, -0.25) is 0 Å². The number of nitrogens with one attached hydrogen (secondary N) is 1. The standard InChI is InChI=1S/C12H18N2O4/c1-11(2,3)18-10(17)14-12(4,9(15)16)7-5-6-8-13/h5,7H,6H2,1-4H3,(H,14,17)(H,15,16)/t12-/m0/s1. The summed E-state index contributed by atoms with van der Waals surface area (Å²) in [5.41, 5.74) is -2.31. The second kappa shape index (κ2) is 6.05. The molecule has 6 heteroatoms. The summed E-state index contributed by atoms with van der Waals surface area (Å²) in [5, 5.41) is 19.7. The fraction of sp³-hybridized carbons (Fsp3) is 0.583. The molecule has 0 aromatic heterocycles. The number of aliphatic carboxylic acids is 1. The molecule has 0 spiro atoms. The van der Waals surface area contributed by atoms with E-state index in [1.165, 1.54) is 19.1 Å². The zero-order valence-electron chi connectivity index (χ0n) is 11.0. The Morgan fingerprint density at radius 3 is 2.33 bits per heavy atom. The Morgan fingerprint density at radius 1 is 1.39 bits per heavy atom. The zero-order chi connectivity index (χ0) is 14.4. The Kier molecular flexibility index (Phi) is 5.37. The molecule has 0 rings (SSSR count). The maximum atomic E-state index is 11.5. The number of rotatable bonds is 4. The van der Waals surface area contributed by atoms with Crippen molar-refractivity contribution in [3.63, 3.8) is 0 Å². The van der Waals surface area contributed by atoms with Crippen molar-refractivity contribution in [3.8, 4) is 6.07 Å². The first-order valence-corrected chi connectivity index (χ1v) is 5.40. The highest BCUT2D eigenvalue weighted by Crippen LogP contribution is 2.11. The lowest BCUT2D eigenvalue weighted by Crippen LogP contribution is -2.52. The number of nitrogens with zero attached hydrogens (tertiary/aromatic N) is 1. The fourth-order valence-corrected chi connectivity index (χ4v) is 1.03. The molecule has 0 aliphatic carbocycles. The highest BCUT2D eigenvalue weighted by Gasteiger charge is 2.33. The monoisotopic (exact) mass is 254 g/mol. The molecule has 18 heavy (non-hydrogen) atoms. The SMILES string of the molecule is CC(C)(C)OC(=O)N[C@@](C)(C=CCC#N)C(=O)O. The zero-order valence-corrected chi connectivity index (χ0v) is 11.0. The van der Waals surface area contributed by atoms with Crippen LogP contribution in [-0.2, 0) is 9.53 Å². The van der Waals surface area contributed by atoms with Crippen molar-refractivity contribution in [3.05, 3.63) is 12.2 Å². The van der Waals surface area contributed by atoms with Gasteiger partial charge in [-0.05, 0) is 27.7 Å². The van der Waals surface area contributed by atoms with Crippen LogP contribution in [0.2, 0.25) is 0 Å². The third-order valence-electron chi connectivity index (χ3n) is 1.87. The van der Waals surface area contributed by atoms with Gasteiger partial charge in [0.15, 0.2) is 5.54 Å². The van der Waals surface area contributed by atoms with Crippen molar-refractivity contribution < 1.29 is 19.4 Å². The number of carbonyl (C=O) groups is 2. The predicted molar refractivity (Wildman–Crippen MR) is 64.8 cm³/mol. The van der Waals surface area contributed by atoms with E-state index in [1.54, 1.807) is 20.8 Å². The van der Waals surface area contributed by atoms with Gasteiger partial charge >= 0.3 is 12.1 Å². The first-order valence-electron chi connectivity index (χ1n) is 5.40. The molecule has 0 aromatic carbocycles. The number of hydrogen-bond donors (Lipinski definition) is 2. The Balaban J connectivity index is 4.78. The number of carboxylic acids is 1. The van der Waals surface area contributed by atoms with Crippen LogP contribution >= 0.6 is 0 Å². The smallest absolute Gasteiger partial charge is 0.408 e. The molecular weight excluding hydrogens is 236 g/mol. The minimum absolute atomic E-state index is 0.0683. The van der Waals surface area contributed by atoms with E-state index in [9.17, 15) is 9.59 Å². The molecule has 0 radical (unpaired) electrons. The molecule has 0 aromatic rings. The van der Waals surface area contributed by atoms with E-state index < -0.39 is 23.2 Å². The van der Waals surface area contributed by atoms with Crippen molar-refractivity contribution in [1.29, 1.82) is 5.26 Å². The van der Waals surface area contributed by atoms with Gasteiger partial charge in [-0.1, -0.05) is 12.2 Å². The number of carboxylic acid groups (broad SMARTS) is 1. The average Bonchev–Trinajstić information content (AvgIpc) is 2.14. The van der Waals surface area contributed by atoms with Gasteiger partial charge in [0.25, 0.3) is 0 Å². The Bertz CT molecular complexity index is 390. The van der Waals surface area contributed by atoms with Gasteiger partial charge < -0.3 is 15.2 Å². The first kappa shape index (κ1) is 16.0. The van der Waals surface area contributed by atoms with E-state index >= 15 is 0 Å². The fourth-order valence-electron chi connectivity index (χ4n) is 1.03. The van der Waals surface area contributed by atoms with Crippen LogP contribution in [0.4, 0.5) is 4.79 Å². The van der Waals surface area contributed by atoms with Crippen LogP contribution in [-0.4, -0.2) is 28.3 Å². The van der Waals surface area contributed by atoms with Crippen molar-refractivity contribution in [2.45, 2.75) is 45.3 Å². The van der Waals surface area contributed by atoms with E-state index in [0.29, 0.717) is 0 Å². The molecule has 0 aliphatic heterocycles. The summed E-state index contributed by atoms with van der Waals surface area (Å²) in [6, 6.07) is 1.85. The summed E-state index contributed by atoms with van der Waals surface area (Å²) in [4.78, 5) is 22.6. The summed E-state index contributed by atoms with van der Waals surface area (Å²) in [6.45, 7) is 6.34. The Morgan fingerprint density at radius 2 is 1.94 bits per heavy atom. The molecule has 0 bridgehead atoms. The highest BCUT2D eigenvalue weighted by atomic mass is 16.6. The van der Waals surface area contributed by atoms with Crippen LogP contribution in [0.5, 0.6) is 0 Å². The van der Waals surface area contributed by atoms with Crippen LogP contribution in [0.1, 0.15) is 34.1 Å². The highest BCUT2D eigenvalue weighted by molar-refractivity contribution is 5.86. The molecule has 6 nitrogen and oxygen atoms in total. The minimum Gasteiger partial charge on any atom is -0.479 e. The largest absolute Gasteiger partial charge is 0.479 e. The molecule has 0 aliphatic rings. The van der Waals surface area contributed by atoms with Gasteiger partial charge in [-0.2, -0.15) is 5.26 Å². The van der Waals surface area contributed by atoms with Gasteiger partial charge in [0.1, 0.15) is 5.60 Å². The number of hydrogen-bond acceptors (Lipinski definition) is 4. The molecule has 0 unspecified atom stereocenters. The van der Waals surface area contributed by atoms with Crippen LogP contribution in [0.25, 0.3) is 0 Å². The predicted octanol–water partition coefficient (Wildman–Crippen LogP) is 1.82. The normalized spacial score (nSPS) is 14.6. The summed E-state index contributed by atoms with van der Waals surface area (Å²) in [5.74, 6) is -1.23. The van der Waals surface area contributed by atoms with Crippen LogP contribution in [0.3, 0.4) is 0 Å². The quantitative estimate of drug-likeness (QED) is 0.745. The first-order chi connectivity index (χ1) is 8.10.